The van der Waals surface area contributed by atoms with Gasteiger partial charge in [0.25, 0.3) is 0 Å². The molecule has 174 valence electrons. The van der Waals surface area contributed by atoms with Gasteiger partial charge in [0.1, 0.15) is 6.61 Å². The highest BCUT2D eigenvalue weighted by molar-refractivity contribution is 7.97. The molecule has 1 aromatic rings. The quantitative estimate of drug-likeness (QED) is 0.500. The Morgan fingerprint density at radius 2 is 1.97 bits per heavy atom. The van der Waals surface area contributed by atoms with Gasteiger partial charge in [-0.15, -0.1) is 0 Å². The number of rotatable bonds is 8. The monoisotopic (exact) mass is 464 g/mol. The molecule has 0 spiro atoms. The predicted molar refractivity (Wildman–Crippen MR) is 110 cm³/mol. The summed E-state index contributed by atoms with van der Waals surface area (Å²) in [5.74, 6) is -5.48. The maximum Gasteiger partial charge on any atom is 0.374 e. The summed E-state index contributed by atoms with van der Waals surface area (Å²) in [6, 6.07) is 3.64. The lowest BCUT2D eigenvalue weighted by atomic mass is 9.80. The Balaban J connectivity index is 0.000000592. The lowest BCUT2D eigenvalue weighted by Crippen LogP contribution is -2.43. The first-order valence-corrected chi connectivity index (χ1v) is 10.1. The molecule has 1 aliphatic rings. The van der Waals surface area contributed by atoms with E-state index in [2.05, 4.69) is 9.29 Å². The second kappa shape index (κ2) is 11.9. The molecule has 0 unspecified atom stereocenters. The first-order valence-electron chi connectivity index (χ1n) is 9.32. The lowest BCUT2D eigenvalue weighted by Gasteiger charge is -2.36. The van der Waals surface area contributed by atoms with Gasteiger partial charge in [0.2, 0.25) is 11.8 Å². The van der Waals surface area contributed by atoms with Gasteiger partial charge in [-0.3, -0.25) is 4.79 Å². The van der Waals surface area contributed by atoms with Crippen LogP contribution in [0.1, 0.15) is 26.7 Å². The maximum absolute atomic E-state index is 12.4. The summed E-state index contributed by atoms with van der Waals surface area (Å²) in [5.41, 5.74) is 10.8. The number of aromatic nitrogens is 1. The minimum absolute atomic E-state index is 0.0876. The summed E-state index contributed by atoms with van der Waals surface area (Å²) in [6.07, 6.45) is 3.67. The summed E-state index contributed by atoms with van der Waals surface area (Å²) < 4.78 is 42.5. The molecule has 2 heterocycles. The summed E-state index contributed by atoms with van der Waals surface area (Å²) >= 11 is 1.59. The van der Waals surface area contributed by atoms with Crippen LogP contribution in [0.3, 0.4) is 0 Å². The number of carbonyl (C=O) groups is 2. The molecule has 1 saturated heterocycles. The van der Waals surface area contributed by atoms with Crippen LogP contribution in [0.15, 0.2) is 35.1 Å². The fraction of sp³-hybridized carbons (Fsp3) is 0.526. The molecule has 0 aromatic carbocycles. The minimum Gasteiger partial charge on any atom is -0.477 e. The predicted octanol–water partition coefficient (Wildman–Crippen LogP) is 2.59. The van der Waals surface area contributed by atoms with Crippen molar-refractivity contribution >= 4 is 23.8 Å². The van der Waals surface area contributed by atoms with Crippen molar-refractivity contribution in [1.29, 1.82) is 0 Å². The minimum atomic E-state index is -3.58. The van der Waals surface area contributed by atoms with Crippen molar-refractivity contribution in [2.24, 2.45) is 16.9 Å². The third-order valence-electron chi connectivity index (χ3n) is 4.56. The van der Waals surface area contributed by atoms with Crippen molar-refractivity contribution in [3.05, 3.63) is 30.2 Å². The zero-order chi connectivity index (χ0) is 23.7. The summed E-state index contributed by atoms with van der Waals surface area (Å²) in [4.78, 5) is 25.9. The molecule has 5 N–H and O–H groups in total. The highest BCUT2D eigenvalue weighted by Gasteiger charge is 2.35. The first kappa shape index (κ1) is 26.7. The average Bonchev–Trinajstić information content (AvgIpc) is 2.71. The number of carboxylic acid groups (broad SMARTS) is 1. The number of carbonyl (C=O) groups excluding carboxylic acids is 1. The van der Waals surface area contributed by atoms with Crippen molar-refractivity contribution in [1.82, 2.24) is 9.29 Å². The molecule has 12 heteroatoms. The molecule has 8 nitrogen and oxygen atoms in total. The summed E-state index contributed by atoms with van der Waals surface area (Å²) in [6.45, 7) is 4.04. The second-order valence-electron chi connectivity index (χ2n) is 7.23. The third kappa shape index (κ3) is 9.15. The van der Waals surface area contributed by atoms with Crippen molar-refractivity contribution in [2.45, 2.75) is 37.5 Å². The second-order valence-corrected chi connectivity index (χ2v) is 8.40. The molecule has 2 rings (SSSR count). The Bertz CT molecular complexity index is 764. The van der Waals surface area contributed by atoms with E-state index in [4.69, 9.17) is 21.3 Å². The van der Waals surface area contributed by atoms with E-state index in [1.54, 1.807) is 24.2 Å². The molecule has 0 aliphatic carbocycles. The zero-order valence-corrected chi connectivity index (χ0v) is 18.1. The number of primary amides is 1. The van der Waals surface area contributed by atoms with Crippen molar-refractivity contribution in [2.75, 3.05) is 26.2 Å². The van der Waals surface area contributed by atoms with Crippen LogP contribution in [0.2, 0.25) is 0 Å². The molecule has 0 radical (unpaired) electrons. The van der Waals surface area contributed by atoms with Gasteiger partial charge in [-0.05, 0) is 30.9 Å². The third-order valence-corrected chi connectivity index (χ3v) is 5.64. The number of halogens is 3. The van der Waals surface area contributed by atoms with Crippen molar-refractivity contribution in [3.8, 4) is 5.88 Å². The number of ether oxygens (including phenoxy) is 1. The topological polar surface area (TPSA) is 132 Å². The van der Waals surface area contributed by atoms with E-state index >= 15 is 0 Å². The van der Waals surface area contributed by atoms with Crippen molar-refractivity contribution < 1.29 is 32.6 Å². The number of alkyl halides is 2. The van der Waals surface area contributed by atoms with Gasteiger partial charge in [0, 0.05) is 54.7 Å². The van der Waals surface area contributed by atoms with Crippen LogP contribution in [0, 0.1) is 5.41 Å². The van der Waals surface area contributed by atoms with Crippen LogP contribution in [0.25, 0.3) is 0 Å². The van der Waals surface area contributed by atoms with E-state index in [-0.39, 0.29) is 19.1 Å². The molecule has 31 heavy (non-hydrogen) atoms. The largest absolute Gasteiger partial charge is 0.477 e. The maximum atomic E-state index is 12.4. The molecule has 1 aliphatic heterocycles. The van der Waals surface area contributed by atoms with Crippen LogP contribution >= 0.6 is 11.9 Å². The normalized spacial score (nSPS) is 16.8. The van der Waals surface area contributed by atoms with E-state index < -0.39 is 17.3 Å². The van der Waals surface area contributed by atoms with E-state index in [1.165, 1.54) is 0 Å². The molecule has 0 bridgehead atoms. The van der Waals surface area contributed by atoms with Gasteiger partial charge >= 0.3 is 11.9 Å². The Morgan fingerprint density at radius 3 is 2.35 bits per heavy atom. The summed E-state index contributed by atoms with van der Waals surface area (Å²) in [5, 5.41) is 7.50. The fourth-order valence-corrected chi connectivity index (χ4v) is 3.17. The fourth-order valence-electron chi connectivity index (χ4n) is 2.27. The van der Waals surface area contributed by atoms with Crippen LogP contribution in [-0.2, 0) is 9.59 Å². The van der Waals surface area contributed by atoms with Gasteiger partial charge < -0.3 is 21.3 Å². The van der Waals surface area contributed by atoms with Crippen molar-refractivity contribution in [3.63, 3.8) is 0 Å². The number of carboxylic acids is 1. The average molecular weight is 465 g/mol. The molecular formula is C19H27F3N4O4S. The Kier molecular flexibility index (Phi) is 10.3. The molecule has 0 saturated carbocycles. The smallest absolute Gasteiger partial charge is 0.374 e. The highest BCUT2D eigenvalue weighted by atomic mass is 32.2. The number of aliphatic carboxylic acids is 1. The number of amides is 1. The molecule has 1 aromatic heterocycles. The van der Waals surface area contributed by atoms with Gasteiger partial charge in [0.05, 0.1) is 6.33 Å². The molecule has 1 fully saturated rings. The Morgan fingerprint density at radius 1 is 1.39 bits per heavy atom. The number of hydrogen-bond donors (Lipinski definition) is 3. The summed E-state index contributed by atoms with van der Waals surface area (Å²) in [7, 11) is 0. The number of nitrogens with two attached hydrogens (primary N) is 2. The zero-order valence-electron chi connectivity index (χ0n) is 17.3. The van der Waals surface area contributed by atoms with Gasteiger partial charge in [-0.1, -0.05) is 6.92 Å². The number of pyridine rings is 1. The van der Waals surface area contributed by atoms with Crippen LogP contribution in [-0.4, -0.2) is 58.4 Å². The van der Waals surface area contributed by atoms with Crippen LogP contribution in [0.4, 0.5) is 13.2 Å². The molecular weight excluding hydrogens is 437 g/mol. The highest BCUT2D eigenvalue weighted by Crippen LogP contribution is 2.35. The van der Waals surface area contributed by atoms with Gasteiger partial charge in [-0.2, -0.15) is 8.78 Å². The van der Waals surface area contributed by atoms with E-state index in [1.807, 2.05) is 13.0 Å². The van der Waals surface area contributed by atoms with Crippen LogP contribution in [0.5, 0.6) is 5.88 Å². The van der Waals surface area contributed by atoms with E-state index in [0.717, 1.165) is 30.8 Å². The van der Waals surface area contributed by atoms with Gasteiger partial charge in [0.15, 0.2) is 0 Å². The lowest BCUT2D eigenvalue weighted by molar-refractivity contribution is -0.161. The molecule has 1 amide bonds. The van der Waals surface area contributed by atoms with E-state index in [0.29, 0.717) is 24.7 Å². The SMILES string of the molecule is CC(F)(F)C(=O)O.CC1(C(N)=O)CCN(Sc2ccc(OC/C(=C\F)CN)nc2)CC1. The van der Waals surface area contributed by atoms with Gasteiger partial charge in [-0.25, -0.2) is 18.5 Å². The number of nitrogens with zero attached hydrogens (tertiary/aromatic N) is 2. The molecule has 0 atom stereocenters. The van der Waals surface area contributed by atoms with E-state index in [9.17, 15) is 22.8 Å². The number of piperidine rings is 1. The van der Waals surface area contributed by atoms with Crippen LogP contribution < -0.4 is 16.2 Å². The number of hydrogen-bond acceptors (Lipinski definition) is 7. The Labute approximate surface area is 182 Å². The first-order chi connectivity index (χ1) is 14.4. The Hall–Kier alpha value is -2.31. The standard InChI is InChI=1S/C16H23FN4O2S.C3H4F2O2/c1-16(15(19)22)4-6-21(7-5-16)24-13-2-3-14(20-10-13)23-11-12(8-17)9-18;1-3(4,5)2(6)7/h2-3,8,10H,4-7,9,11,18H2,1H3,(H2,19,22);1H3,(H,6,7)/b12-8-;.